The molecule has 0 bridgehead atoms. The third kappa shape index (κ3) is 3.36. The topological polar surface area (TPSA) is 171 Å². The van der Waals surface area contributed by atoms with Crippen LogP contribution in [0, 0.1) is 10.1 Å². The first-order valence-corrected chi connectivity index (χ1v) is 8.18. The lowest BCUT2D eigenvalue weighted by atomic mass is 10.1. The highest BCUT2D eigenvalue weighted by atomic mass is 16.7. The van der Waals surface area contributed by atoms with Gasteiger partial charge in [0.25, 0.3) is 11.6 Å². The van der Waals surface area contributed by atoms with Crippen LogP contribution in [-0.4, -0.2) is 49.6 Å². The molecule has 1 unspecified atom stereocenters. The summed E-state index contributed by atoms with van der Waals surface area (Å²) in [7, 11) is 0. The number of carbonyl (C=O) groups is 2. The lowest BCUT2D eigenvalue weighted by Gasteiger charge is -2.13. The van der Waals surface area contributed by atoms with Crippen molar-refractivity contribution >= 4 is 34.5 Å². The molecule has 0 spiro atoms. The maximum absolute atomic E-state index is 12.5. The van der Waals surface area contributed by atoms with Crippen LogP contribution in [0.3, 0.4) is 0 Å². The fraction of sp³-hybridized carbons (Fsp3) is 0.188. The number of benzene rings is 1. The number of aromatic nitrogens is 4. The van der Waals surface area contributed by atoms with Gasteiger partial charge in [0.1, 0.15) is 17.4 Å². The number of aromatic amines is 1. The minimum atomic E-state index is -1.28. The van der Waals surface area contributed by atoms with Gasteiger partial charge in [-0.1, -0.05) is 0 Å². The predicted octanol–water partition coefficient (Wildman–Crippen LogP) is 1.17. The van der Waals surface area contributed by atoms with Crippen LogP contribution >= 0.6 is 0 Å². The number of hydrogen-bond acceptors (Lipinski definition) is 10. The highest BCUT2D eigenvalue weighted by Crippen LogP contribution is 2.38. The molecular formula is C16H12N6O7. The van der Waals surface area contributed by atoms with E-state index in [9.17, 15) is 19.7 Å². The molecule has 1 amide bonds. The van der Waals surface area contributed by atoms with Gasteiger partial charge in [-0.05, 0) is 6.92 Å². The molecule has 13 nitrogen and oxygen atoms in total. The van der Waals surface area contributed by atoms with Crippen molar-refractivity contribution in [2.24, 2.45) is 0 Å². The number of hydrogen-bond donors (Lipinski definition) is 2. The smallest absolute Gasteiger partial charge is 0.346 e. The number of nitro benzene ring substituents is 1. The molecule has 0 fully saturated rings. The lowest BCUT2D eigenvalue weighted by Crippen LogP contribution is -2.30. The quantitative estimate of drug-likeness (QED) is 0.360. The number of carbonyl (C=O) groups excluding carboxylic acids is 2. The van der Waals surface area contributed by atoms with Crippen LogP contribution < -0.4 is 14.8 Å². The Labute approximate surface area is 161 Å². The third-order valence-corrected chi connectivity index (χ3v) is 4.03. The molecule has 2 aromatic heterocycles. The van der Waals surface area contributed by atoms with Gasteiger partial charge in [0.05, 0.1) is 17.3 Å². The van der Waals surface area contributed by atoms with Crippen molar-refractivity contribution in [3.05, 3.63) is 40.5 Å². The Balaban J connectivity index is 1.52. The van der Waals surface area contributed by atoms with Crippen LogP contribution in [0.2, 0.25) is 0 Å². The SMILES string of the molecule is CC(OC(=O)c1cc2c(cc1[N+](=O)[O-])OCO2)C(=O)Nc1ncnc2nc[nH]c12. The molecule has 13 heteroatoms. The van der Waals surface area contributed by atoms with Gasteiger partial charge in [-0.25, -0.2) is 19.7 Å². The first kappa shape index (κ1) is 18.1. The maximum atomic E-state index is 12.5. The number of fused-ring (bicyclic) bond motifs is 2. The summed E-state index contributed by atoms with van der Waals surface area (Å²) in [4.78, 5) is 50.0. The first-order valence-electron chi connectivity index (χ1n) is 8.18. The number of esters is 1. The minimum Gasteiger partial charge on any atom is -0.454 e. The average molecular weight is 400 g/mol. The molecule has 0 radical (unpaired) electrons. The van der Waals surface area contributed by atoms with Gasteiger partial charge in [-0.3, -0.25) is 14.9 Å². The summed E-state index contributed by atoms with van der Waals surface area (Å²) >= 11 is 0. The summed E-state index contributed by atoms with van der Waals surface area (Å²) in [5.41, 5.74) is -0.152. The summed E-state index contributed by atoms with van der Waals surface area (Å²) in [5, 5.41) is 13.8. The normalized spacial score (nSPS) is 13.1. The van der Waals surface area contributed by atoms with Gasteiger partial charge in [0.15, 0.2) is 29.1 Å². The predicted molar refractivity (Wildman–Crippen MR) is 94.4 cm³/mol. The Morgan fingerprint density at radius 1 is 1.28 bits per heavy atom. The molecule has 29 heavy (non-hydrogen) atoms. The lowest BCUT2D eigenvalue weighted by molar-refractivity contribution is -0.385. The number of anilines is 1. The number of H-pyrrole nitrogens is 1. The van der Waals surface area contributed by atoms with E-state index in [4.69, 9.17) is 14.2 Å². The minimum absolute atomic E-state index is 0.120. The second kappa shape index (κ2) is 7.03. The average Bonchev–Trinajstić information content (AvgIpc) is 3.35. The van der Waals surface area contributed by atoms with E-state index >= 15 is 0 Å². The third-order valence-electron chi connectivity index (χ3n) is 4.03. The maximum Gasteiger partial charge on any atom is 0.346 e. The Kier molecular flexibility index (Phi) is 4.38. The molecule has 0 saturated heterocycles. The van der Waals surface area contributed by atoms with Crippen molar-refractivity contribution < 1.29 is 28.7 Å². The van der Waals surface area contributed by atoms with E-state index < -0.39 is 28.6 Å². The monoisotopic (exact) mass is 400 g/mol. The molecule has 0 aliphatic carbocycles. The van der Waals surface area contributed by atoms with E-state index in [1.807, 2.05) is 0 Å². The summed E-state index contributed by atoms with van der Waals surface area (Å²) in [5.74, 6) is -1.30. The van der Waals surface area contributed by atoms with Gasteiger partial charge >= 0.3 is 5.97 Å². The number of nitrogens with zero attached hydrogens (tertiary/aromatic N) is 4. The van der Waals surface area contributed by atoms with Crippen LogP contribution in [0.25, 0.3) is 11.2 Å². The molecule has 148 valence electrons. The molecule has 3 aromatic rings. The van der Waals surface area contributed by atoms with E-state index in [2.05, 4.69) is 25.3 Å². The van der Waals surface area contributed by atoms with Gasteiger partial charge in [0.2, 0.25) is 6.79 Å². The van der Waals surface area contributed by atoms with Crippen molar-refractivity contribution in [2.75, 3.05) is 12.1 Å². The van der Waals surface area contributed by atoms with E-state index in [1.165, 1.54) is 19.6 Å². The molecule has 3 heterocycles. The van der Waals surface area contributed by atoms with Crippen molar-refractivity contribution in [1.29, 1.82) is 0 Å². The van der Waals surface area contributed by atoms with Crippen LogP contribution in [0.1, 0.15) is 17.3 Å². The number of amides is 1. The molecule has 1 aliphatic rings. The van der Waals surface area contributed by atoms with Crippen LogP contribution in [0.15, 0.2) is 24.8 Å². The summed E-state index contributed by atoms with van der Waals surface area (Å²) in [6.45, 7) is 1.20. The molecule has 1 atom stereocenters. The van der Waals surface area contributed by atoms with Crippen LogP contribution in [0.4, 0.5) is 11.5 Å². The zero-order valence-electron chi connectivity index (χ0n) is 14.7. The summed E-state index contributed by atoms with van der Waals surface area (Å²) in [6.07, 6.45) is 1.32. The molecule has 1 aromatic carbocycles. The summed E-state index contributed by atoms with van der Waals surface area (Å²) in [6, 6.07) is 2.21. The van der Waals surface area contributed by atoms with E-state index in [1.54, 1.807) is 0 Å². The van der Waals surface area contributed by atoms with Gasteiger partial charge in [0, 0.05) is 6.07 Å². The van der Waals surface area contributed by atoms with Crippen LogP contribution in [-0.2, 0) is 9.53 Å². The molecule has 4 rings (SSSR count). The van der Waals surface area contributed by atoms with Gasteiger partial charge in [-0.2, -0.15) is 0 Å². The Hall–Kier alpha value is -4.29. The Morgan fingerprint density at radius 3 is 2.79 bits per heavy atom. The van der Waals surface area contributed by atoms with E-state index in [0.717, 1.165) is 12.1 Å². The molecule has 2 N–H and O–H groups in total. The molecule has 1 aliphatic heterocycles. The number of nitro groups is 1. The van der Waals surface area contributed by atoms with Crippen molar-refractivity contribution in [3.63, 3.8) is 0 Å². The molecular weight excluding hydrogens is 388 g/mol. The van der Waals surface area contributed by atoms with E-state index in [-0.39, 0.29) is 29.7 Å². The van der Waals surface area contributed by atoms with Crippen LogP contribution in [0.5, 0.6) is 11.5 Å². The fourth-order valence-corrected chi connectivity index (χ4v) is 2.60. The van der Waals surface area contributed by atoms with Crippen molar-refractivity contribution in [2.45, 2.75) is 13.0 Å². The second-order valence-electron chi connectivity index (χ2n) is 5.84. The zero-order chi connectivity index (χ0) is 20.5. The van der Waals surface area contributed by atoms with Gasteiger partial charge in [-0.15, -0.1) is 0 Å². The molecule has 0 saturated carbocycles. The van der Waals surface area contributed by atoms with Crippen molar-refractivity contribution in [3.8, 4) is 11.5 Å². The van der Waals surface area contributed by atoms with Crippen molar-refractivity contribution in [1.82, 2.24) is 19.9 Å². The number of ether oxygens (including phenoxy) is 3. The largest absolute Gasteiger partial charge is 0.454 e. The number of imidazole rings is 1. The standard InChI is InChI=1S/C16H12N6O7/c1-7(15(23)21-14-12-13(18-4-17-12)19-5-20-14)29-16(24)8-2-10-11(28-6-27-10)3-9(8)22(25)26/h2-5,7H,6H2,1H3,(H2,17,18,19,20,21,23). The van der Waals surface area contributed by atoms with Gasteiger partial charge < -0.3 is 24.5 Å². The number of nitrogens with one attached hydrogen (secondary N) is 2. The Morgan fingerprint density at radius 2 is 2.03 bits per heavy atom. The summed E-state index contributed by atoms with van der Waals surface area (Å²) < 4.78 is 15.3. The highest BCUT2D eigenvalue weighted by Gasteiger charge is 2.30. The first-order chi connectivity index (χ1) is 13.9. The second-order valence-corrected chi connectivity index (χ2v) is 5.84. The fourth-order valence-electron chi connectivity index (χ4n) is 2.60. The zero-order valence-corrected chi connectivity index (χ0v) is 14.7. The number of rotatable bonds is 5. The Bertz CT molecular complexity index is 1140. The highest BCUT2D eigenvalue weighted by molar-refractivity contribution is 6.01. The van der Waals surface area contributed by atoms with E-state index in [0.29, 0.717) is 11.2 Å².